The lowest BCUT2D eigenvalue weighted by atomic mass is 10.2. The van der Waals surface area contributed by atoms with Crippen LogP contribution in [-0.2, 0) is 16.1 Å². The molecule has 33 heavy (non-hydrogen) atoms. The van der Waals surface area contributed by atoms with E-state index in [-0.39, 0.29) is 36.1 Å². The minimum absolute atomic E-state index is 0.00974. The summed E-state index contributed by atoms with van der Waals surface area (Å²) in [5.41, 5.74) is 0.853. The van der Waals surface area contributed by atoms with Crippen LogP contribution >= 0.6 is 11.8 Å². The summed E-state index contributed by atoms with van der Waals surface area (Å²) < 4.78 is 26.8. The van der Waals surface area contributed by atoms with Crippen LogP contribution in [-0.4, -0.2) is 46.2 Å². The monoisotopic (exact) mass is 472 g/mol. The van der Waals surface area contributed by atoms with Crippen molar-refractivity contribution in [3.05, 3.63) is 66.2 Å². The number of anilines is 1. The van der Waals surface area contributed by atoms with Gasteiger partial charge in [-0.3, -0.25) is 9.36 Å². The summed E-state index contributed by atoms with van der Waals surface area (Å²) in [4.78, 5) is 14.8. The van der Waals surface area contributed by atoms with Gasteiger partial charge in [0, 0.05) is 18.8 Å². The van der Waals surface area contributed by atoms with E-state index in [2.05, 4.69) is 10.2 Å². The summed E-state index contributed by atoms with van der Waals surface area (Å²) in [6.45, 7) is 6.40. The van der Waals surface area contributed by atoms with Crippen molar-refractivity contribution >= 4 is 23.4 Å². The number of amides is 1. The third-order valence-electron chi connectivity index (χ3n) is 4.92. The van der Waals surface area contributed by atoms with E-state index >= 15 is 0 Å². The van der Waals surface area contributed by atoms with Crippen molar-refractivity contribution in [3.8, 4) is 5.75 Å². The zero-order valence-electron chi connectivity index (χ0n) is 19.3. The van der Waals surface area contributed by atoms with Gasteiger partial charge >= 0.3 is 0 Å². The molecule has 0 saturated carbocycles. The summed E-state index contributed by atoms with van der Waals surface area (Å²) in [7, 11) is 1.62. The van der Waals surface area contributed by atoms with Crippen molar-refractivity contribution < 1.29 is 18.7 Å². The van der Waals surface area contributed by atoms with Gasteiger partial charge in [-0.25, -0.2) is 4.39 Å². The number of benzene rings is 2. The van der Waals surface area contributed by atoms with Crippen LogP contribution < -0.4 is 9.64 Å². The molecule has 0 aliphatic rings. The van der Waals surface area contributed by atoms with Gasteiger partial charge in [-0.1, -0.05) is 42.1 Å². The molecule has 3 rings (SSSR count). The summed E-state index contributed by atoms with van der Waals surface area (Å²) in [5.74, 6) is 0.398. The van der Waals surface area contributed by atoms with Crippen LogP contribution in [0, 0.1) is 5.82 Å². The van der Waals surface area contributed by atoms with E-state index in [9.17, 15) is 9.18 Å². The molecule has 0 aliphatic heterocycles. The van der Waals surface area contributed by atoms with E-state index in [1.165, 1.54) is 17.8 Å². The highest BCUT2D eigenvalue weighted by molar-refractivity contribution is 7.99. The normalized spacial score (nSPS) is 12.1. The lowest BCUT2D eigenvalue weighted by Crippen LogP contribution is -2.38. The van der Waals surface area contributed by atoms with E-state index in [1.54, 1.807) is 30.2 Å². The number of aromatic nitrogens is 3. The molecule has 0 bridgehead atoms. The van der Waals surface area contributed by atoms with Crippen LogP contribution in [0.4, 0.5) is 10.1 Å². The number of carbonyl (C=O) groups is 1. The van der Waals surface area contributed by atoms with E-state index in [0.29, 0.717) is 17.6 Å². The topological polar surface area (TPSA) is 69.5 Å². The third kappa shape index (κ3) is 6.33. The smallest absolute Gasteiger partial charge is 0.237 e. The molecule has 1 heterocycles. The minimum Gasteiger partial charge on any atom is -0.483 e. The average molecular weight is 473 g/mol. The molecule has 0 aliphatic carbocycles. The summed E-state index contributed by atoms with van der Waals surface area (Å²) >= 11 is 1.31. The van der Waals surface area contributed by atoms with E-state index < -0.39 is 5.82 Å². The number of hydrogen-bond acceptors (Lipinski definition) is 6. The Bertz CT molecular complexity index is 1050. The first-order valence-electron chi connectivity index (χ1n) is 10.7. The zero-order valence-corrected chi connectivity index (χ0v) is 20.1. The molecule has 2 aromatic carbocycles. The fourth-order valence-electron chi connectivity index (χ4n) is 3.48. The van der Waals surface area contributed by atoms with Gasteiger partial charge in [0.25, 0.3) is 0 Å². The number of halogens is 1. The van der Waals surface area contributed by atoms with Crippen molar-refractivity contribution in [2.24, 2.45) is 0 Å². The van der Waals surface area contributed by atoms with Gasteiger partial charge in [0.2, 0.25) is 5.91 Å². The Morgan fingerprint density at radius 2 is 1.79 bits per heavy atom. The second kappa shape index (κ2) is 11.8. The van der Waals surface area contributed by atoms with Gasteiger partial charge in [-0.2, -0.15) is 0 Å². The number of hydrogen-bond donors (Lipinski definition) is 0. The molecule has 0 N–H and O–H groups in total. The summed E-state index contributed by atoms with van der Waals surface area (Å²) in [6, 6.07) is 15.7. The van der Waals surface area contributed by atoms with E-state index in [1.807, 2.05) is 55.7 Å². The van der Waals surface area contributed by atoms with Crippen molar-refractivity contribution in [2.45, 2.75) is 44.6 Å². The van der Waals surface area contributed by atoms with Gasteiger partial charge in [-0.15, -0.1) is 10.2 Å². The molecule has 0 fully saturated rings. The molecular weight excluding hydrogens is 443 g/mol. The number of thioether (sulfide) groups is 1. The largest absolute Gasteiger partial charge is 0.483 e. The number of ether oxygens (including phenoxy) is 2. The van der Waals surface area contributed by atoms with Gasteiger partial charge in [0.15, 0.2) is 22.5 Å². The van der Waals surface area contributed by atoms with Crippen molar-refractivity contribution in [1.82, 2.24) is 14.8 Å². The molecule has 1 atom stereocenters. The lowest BCUT2D eigenvalue weighted by Gasteiger charge is -2.27. The Morgan fingerprint density at radius 1 is 1.09 bits per heavy atom. The highest BCUT2D eigenvalue weighted by Gasteiger charge is 2.23. The number of rotatable bonds is 11. The first kappa shape index (κ1) is 24.7. The quantitative estimate of drug-likeness (QED) is 0.376. The second-order valence-corrected chi connectivity index (χ2v) is 8.72. The van der Waals surface area contributed by atoms with Gasteiger partial charge in [0.1, 0.15) is 6.61 Å². The standard InChI is InChI=1S/C24H29FN4O3S/c1-17(2)28(19-10-6-5-7-11-19)23(30)16-33-24-27-26-22(29(24)18(3)14-31-4)15-32-21-13-9-8-12-20(21)25/h5-13,17-18H,14-16H2,1-4H3/t18-/m0/s1. The Balaban J connectivity index is 1.76. The lowest BCUT2D eigenvalue weighted by molar-refractivity contribution is -0.116. The molecule has 0 spiro atoms. The zero-order chi connectivity index (χ0) is 23.8. The number of nitrogens with zero attached hydrogens (tertiary/aromatic N) is 4. The molecule has 9 heteroatoms. The van der Waals surface area contributed by atoms with Gasteiger partial charge < -0.3 is 14.4 Å². The second-order valence-electron chi connectivity index (χ2n) is 7.77. The van der Waals surface area contributed by atoms with Gasteiger partial charge in [0.05, 0.1) is 18.4 Å². The molecule has 1 aromatic heterocycles. The van der Waals surface area contributed by atoms with Crippen LogP contribution in [0.25, 0.3) is 0 Å². The number of carbonyl (C=O) groups excluding carboxylic acids is 1. The summed E-state index contributed by atoms with van der Waals surface area (Å²) in [6.07, 6.45) is 0. The molecule has 0 unspecified atom stereocenters. The van der Waals surface area contributed by atoms with E-state index in [0.717, 1.165) is 5.69 Å². The first-order chi connectivity index (χ1) is 15.9. The van der Waals surface area contributed by atoms with Crippen molar-refractivity contribution in [2.75, 3.05) is 24.4 Å². The molecule has 176 valence electrons. The first-order valence-corrected chi connectivity index (χ1v) is 11.7. The van der Waals surface area contributed by atoms with Crippen LogP contribution in [0.1, 0.15) is 32.6 Å². The molecule has 7 nitrogen and oxygen atoms in total. The Kier molecular flexibility index (Phi) is 8.85. The average Bonchev–Trinajstić information content (AvgIpc) is 3.21. The number of methoxy groups -OCH3 is 1. The Labute approximate surface area is 197 Å². The fraction of sp³-hybridized carbons (Fsp3) is 0.375. The van der Waals surface area contributed by atoms with Crippen molar-refractivity contribution in [1.29, 1.82) is 0 Å². The maximum Gasteiger partial charge on any atom is 0.237 e. The van der Waals surface area contributed by atoms with Crippen LogP contribution in [0.2, 0.25) is 0 Å². The predicted octanol–water partition coefficient (Wildman–Crippen LogP) is 4.74. The maximum absolute atomic E-state index is 13.9. The summed E-state index contributed by atoms with van der Waals surface area (Å²) in [5, 5.41) is 9.10. The van der Waals surface area contributed by atoms with Gasteiger partial charge in [-0.05, 0) is 45.0 Å². The van der Waals surface area contributed by atoms with E-state index in [4.69, 9.17) is 9.47 Å². The highest BCUT2D eigenvalue weighted by atomic mass is 32.2. The molecule has 3 aromatic rings. The maximum atomic E-state index is 13.9. The molecule has 0 radical (unpaired) electrons. The molecule has 0 saturated heterocycles. The Morgan fingerprint density at radius 3 is 2.45 bits per heavy atom. The third-order valence-corrected chi connectivity index (χ3v) is 5.85. The van der Waals surface area contributed by atoms with Crippen molar-refractivity contribution in [3.63, 3.8) is 0 Å². The van der Waals surface area contributed by atoms with Crippen LogP contribution in [0.3, 0.4) is 0 Å². The molecule has 1 amide bonds. The van der Waals surface area contributed by atoms with Crippen LogP contribution in [0.15, 0.2) is 59.8 Å². The Hall–Kier alpha value is -2.91. The van der Waals surface area contributed by atoms with Crippen LogP contribution in [0.5, 0.6) is 5.75 Å². The fourth-order valence-corrected chi connectivity index (χ4v) is 4.40. The number of para-hydroxylation sites is 2. The highest BCUT2D eigenvalue weighted by Crippen LogP contribution is 2.26. The SMILES string of the molecule is COC[C@H](C)n1c(COc2ccccc2F)nnc1SCC(=O)N(c1ccccc1)C(C)C. The minimum atomic E-state index is -0.441. The molecular formula is C24H29FN4O3S. The predicted molar refractivity (Wildman–Crippen MR) is 127 cm³/mol.